The van der Waals surface area contributed by atoms with Crippen LogP contribution in [0.25, 0.3) is 22.5 Å². The van der Waals surface area contributed by atoms with Crippen LogP contribution < -0.4 is 9.64 Å². The Kier molecular flexibility index (Phi) is 3.30. The number of aromatic amines is 1. The van der Waals surface area contributed by atoms with E-state index in [0.717, 1.165) is 33.9 Å². The number of benzene rings is 1. The SMILES string of the molecule is Cc1cccc(-c2[nH]ncc2-c2ccc3c(c2)N(C)C(=O)CO3)n1. The molecule has 1 aromatic carbocycles. The zero-order valence-electron chi connectivity index (χ0n) is 13.4. The van der Waals surface area contributed by atoms with Crippen LogP contribution in [0.1, 0.15) is 5.69 Å². The highest BCUT2D eigenvalue weighted by atomic mass is 16.5. The van der Waals surface area contributed by atoms with Crippen molar-refractivity contribution in [2.24, 2.45) is 0 Å². The molecule has 0 atom stereocenters. The predicted octanol–water partition coefficient (Wildman–Crippen LogP) is 2.80. The number of likely N-dealkylation sites (N-methyl/N-ethyl adjacent to an activating group) is 1. The third kappa shape index (κ3) is 2.32. The van der Waals surface area contributed by atoms with Crippen LogP contribution in [0.4, 0.5) is 5.69 Å². The third-order valence-electron chi connectivity index (χ3n) is 4.14. The molecule has 6 heteroatoms. The minimum atomic E-state index is -0.0626. The molecular weight excluding hydrogens is 304 g/mol. The van der Waals surface area contributed by atoms with Crippen molar-refractivity contribution in [3.8, 4) is 28.3 Å². The number of pyridine rings is 1. The molecular formula is C18H16N4O2. The minimum Gasteiger partial charge on any atom is -0.482 e. The molecule has 3 aromatic rings. The number of nitrogens with one attached hydrogen (secondary N) is 1. The van der Waals surface area contributed by atoms with E-state index >= 15 is 0 Å². The second-order valence-corrected chi connectivity index (χ2v) is 5.75. The van der Waals surface area contributed by atoms with Gasteiger partial charge in [-0.3, -0.25) is 14.9 Å². The summed E-state index contributed by atoms with van der Waals surface area (Å²) in [5.74, 6) is 0.645. The molecule has 0 radical (unpaired) electrons. The Hall–Kier alpha value is -3.15. The summed E-state index contributed by atoms with van der Waals surface area (Å²) < 4.78 is 5.48. The van der Waals surface area contributed by atoms with Crippen LogP contribution in [0.5, 0.6) is 5.75 Å². The summed E-state index contributed by atoms with van der Waals surface area (Å²) in [6, 6.07) is 11.7. The van der Waals surface area contributed by atoms with E-state index in [-0.39, 0.29) is 12.5 Å². The largest absolute Gasteiger partial charge is 0.482 e. The molecule has 1 N–H and O–H groups in total. The number of rotatable bonds is 2. The van der Waals surface area contributed by atoms with Gasteiger partial charge in [0.25, 0.3) is 5.91 Å². The summed E-state index contributed by atoms with van der Waals surface area (Å²) in [5.41, 5.74) is 5.27. The number of anilines is 1. The number of nitrogens with zero attached hydrogens (tertiary/aromatic N) is 3. The van der Waals surface area contributed by atoms with Crippen molar-refractivity contribution in [1.29, 1.82) is 0 Å². The number of carbonyl (C=O) groups is 1. The number of aromatic nitrogens is 3. The topological polar surface area (TPSA) is 71.1 Å². The fourth-order valence-corrected chi connectivity index (χ4v) is 2.82. The summed E-state index contributed by atoms with van der Waals surface area (Å²) in [7, 11) is 1.76. The van der Waals surface area contributed by atoms with Gasteiger partial charge >= 0.3 is 0 Å². The number of aryl methyl sites for hydroxylation is 1. The van der Waals surface area contributed by atoms with Crippen molar-refractivity contribution in [2.75, 3.05) is 18.6 Å². The van der Waals surface area contributed by atoms with Crippen molar-refractivity contribution in [3.05, 3.63) is 48.3 Å². The van der Waals surface area contributed by atoms with Gasteiger partial charge < -0.3 is 9.64 Å². The van der Waals surface area contributed by atoms with Crippen LogP contribution in [0, 0.1) is 6.92 Å². The van der Waals surface area contributed by atoms with Gasteiger partial charge in [0.1, 0.15) is 5.75 Å². The highest BCUT2D eigenvalue weighted by Crippen LogP contribution is 2.37. The van der Waals surface area contributed by atoms with E-state index in [1.54, 1.807) is 18.1 Å². The van der Waals surface area contributed by atoms with E-state index < -0.39 is 0 Å². The number of fused-ring (bicyclic) bond motifs is 1. The summed E-state index contributed by atoms with van der Waals surface area (Å²) >= 11 is 0. The van der Waals surface area contributed by atoms with Crippen LogP contribution in [-0.2, 0) is 4.79 Å². The van der Waals surface area contributed by atoms with E-state index in [0.29, 0.717) is 5.75 Å². The first-order chi connectivity index (χ1) is 11.6. The maximum Gasteiger partial charge on any atom is 0.264 e. The highest BCUT2D eigenvalue weighted by Gasteiger charge is 2.23. The molecule has 0 aliphatic carbocycles. The number of hydrogen-bond acceptors (Lipinski definition) is 4. The highest BCUT2D eigenvalue weighted by molar-refractivity contribution is 5.98. The Morgan fingerprint density at radius 1 is 1.25 bits per heavy atom. The summed E-state index contributed by atoms with van der Waals surface area (Å²) in [6.07, 6.45) is 1.77. The molecule has 1 amide bonds. The number of hydrogen-bond donors (Lipinski definition) is 1. The lowest BCUT2D eigenvalue weighted by molar-refractivity contribution is -0.120. The van der Waals surface area contributed by atoms with E-state index in [1.165, 1.54) is 0 Å². The van der Waals surface area contributed by atoms with Crippen molar-refractivity contribution in [1.82, 2.24) is 15.2 Å². The molecule has 0 fully saturated rings. The van der Waals surface area contributed by atoms with E-state index in [1.807, 2.05) is 43.3 Å². The fourth-order valence-electron chi connectivity index (χ4n) is 2.82. The number of ether oxygens (including phenoxy) is 1. The zero-order chi connectivity index (χ0) is 16.7. The van der Waals surface area contributed by atoms with Gasteiger partial charge in [0.05, 0.1) is 23.3 Å². The molecule has 2 aromatic heterocycles. The van der Waals surface area contributed by atoms with Crippen molar-refractivity contribution >= 4 is 11.6 Å². The molecule has 0 bridgehead atoms. The number of amides is 1. The molecule has 24 heavy (non-hydrogen) atoms. The molecule has 6 nitrogen and oxygen atoms in total. The molecule has 120 valence electrons. The summed E-state index contributed by atoms with van der Waals surface area (Å²) in [5, 5.41) is 7.20. The van der Waals surface area contributed by atoms with Gasteiger partial charge in [-0.15, -0.1) is 0 Å². The lowest BCUT2D eigenvalue weighted by Gasteiger charge is -2.26. The van der Waals surface area contributed by atoms with Crippen molar-refractivity contribution in [2.45, 2.75) is 6.92 Å². The molecule has 4 rings (SSSR count). The first-order valence-electron chi connectivity index (χ1n) is 7.64. The van der Waals surface area contributed by atoms with Gasteiger partial charge in [-0.25, -0.2) is 0 Å². The standard InChI is InChI=1S/C18H16N4O2/c1-11-4-3-5-14(20-11)18-13(9-19-21-18)12-6-7-16-15(8-12)22(2)17(23)10-24-16/h3-9H,10H2,1-2H3,(H,19,21). The number of H-pyrrole nitrogens is 1. The van der Waals surface area contributed by atoms with Crippen LogP contribution in [0.15, 0.2) is 42.6 Å². The second-order valence-electron chi connectivity index (χ2n) is 5.75. The average Bonchev–Trinajstić information content (AvgIpc) is 3.08. The molecule has 1 aliphatic heterocycles. The smallest absolute Gasteiger partial charge is 0.264 e. The van der Waals surface area contributed by atoms with Crippen LogP contribution >= 0.6 is 0 Å². The normalized spacial score (nSPS) is 13.6. The zero-order valence-corrected chi connectivity index (χ0v) is 13.4. The minimum absolute atomic E-state index is 0.0626. The monoisotopic (exact) mass is 320 g/mol. The molecule has 1 aliphatic rings. The lowest BCUT2D eigenvalue weighted by atomic mass is 10.0. The van der Waals surface area contributed by atoms with Gasteiger partial charge in [-0.05, 0) is 36.8 Å². The van der Waals surface area contributed by atoms with Gasteiger partial charge in [0.2, 0.25) is 0 Å². The molecule has 0 unspecified atom stereocenters. The van der Waals surface area contributed by atoms with Crippen LogP contribution in [0.3, 0.4) is 0 Å². The Bertz CT molecular complexity index is 932. The Balaban J connectivity index is 1.81. The quantitative estimate of drug-likeness (QED) is 0.788. The average molecular weight is 320 g/mol. The van der Waals surface area contributed by atoms with Gasteiger partial charge in [-0.2, -0.15) is 5.10 Å². The van der Waals surface area contributed by atoms with Gasteiger partial charge in [-0.1, -0.05) is 12.1 Å². The Morgan fingerprint density at radius 3 is 2.96 bits per heavy atom. The number of carbonyl (C=O) groups excluding carboxylic acids is 1. The molecule has 3 heterocycles. The van der Waals surface area contributed by atoms with Gasteiger partial charge in [0, 0.05) is 18.3 Å². The second kappa shape index (κ2) is 5.49. The lowest BCUT2D eigenvalue weighted by Crippen LogP contribution is -2.35. The molecule has 0 spiro atoms. The Morgan fingerprint density at radius 2 is 2.12 bits per heavy atom. The molecule has 0 saturated carbocycles. The summed E-state index contributed by atoms with van der Waals surface area (Å²) in [6.45, 7) is 2.03. The summed E-state index contributed by atoms with van der Waals surface area (Å²) in [4.78, 5) is 18.0. The maximum atomic E-state index is 11.9. The predicted molar refractivity (Wildman–Crippen MR) is 90.9 cm³/mol. The Labute approximate surface area is 139 Å². The van der Waals surface area contributed by atoms with E-state index in [9.17, 15) is 4.79 Å². The van der Waals surface area contributed by atoms with E-state index in [4.69, 9.17) is 4.74 Å². The van der Waals surface area contributed by atoms with E-state index in [2.05, 4.69) is 15.2 Å². The van der Waals surface area contributed by atoms with Gasteiger partial charge in [0.15, 0.2) is 6.61 Å². The van der Waals surface area contributed by atoms with Crippen LogP contribution in [-0.4, -0.2) is 34.7 Å². The molecule has 0 saturated heterocycles. The third-order valence-corrected chi connectivity index (χ3v) is 4.14. The first kappa shape index (κ1) is 14.4. The van der Waals surface area contributed by atoms with Crippen LogP contribution in [0.2, 0.25) is 0 Å². The first-order valence-corrected chi connectivity index (χ1v) is 7.64. The van der Waals surface area contributed by atoms with Crippen molar-refractivity contribution in [3.63, 3.8) is 0 Å². The fraction of sp³-hybridized carbons (Fsp3) is 0.167. The maximum absolute atomic E-state index is 11.9. The van der Waals surface area contributed by atoms with Crippen molar-refractivity contribution < 1.29 is 9.53 Å².